The fourth-order valence-electron chi connectivity index (χ4n) is 2.51. The van der Waals surface area contributed by atoms with E-state index in [2.05, 4.69) is 30.3 Å². The van der Waals surface area contributed by atoms with E-state index < -0.39 is 18.0 Å². The lowest BCUT2D eigenvalue weighted by Gasteiger charge is -2.12. The molecule has 0 saturated carbocycles. The Morgan fingerprint density at radius 1 is 1.38 bits per heavy atom. The minimum absolute atomic E-state index is 0.141. The first-order chi connectivity index (χ1) is 12.2. The molecule has 0 spiro atoms. The first kappa shape index (κ1) is 21.2. The number of nitrogens with one attached hydrogen (secondary N) is 1. The molecule has 0 fully saturated rings. The van der Waals surface area contributed by atoms with Gasteiger partial charge in [0.15, 0.2) is 6.10 Å². The van der Waals surface area contributed by atoms with Crippen molar-refractivity contribution in [2.45, 2.75) is 47.3 Å². The maximum atomic E-state index is 12.2. The first-order valence-electron chi connectivity index (χ1n) is 8.59. The van der Waals surface area contributed by atoms with E-state index in [1.807, 2.05) is 26.0 Å². The van der Waals surface area contributed by atoms with Crippen molar-refractivity contribution >= 4 is 18.0 Å². The summed E-state index contributed by atoms with van der Waals surface area (Å²) in [7, 11) is 0. The Kier molecular flexibility index (Phi) is 7.85. The van der Waals surface area contributed by atoms with E-state index in [4.69, 9.17) is 4.74 Å². The fourth-order valence-corrected chi connectivity index (χ4v) is 2.51. The van der Waals surface area contributed by atoms with Gasteiger partial charge >= 0.3 is 5.97 Å². The van der Waals surface area contributed by atoms with Crippen molar-refractivity contribution in [1.29, 1.82) is 5.26 Å². The monoisotopic (exact) mass is 357 g/mol. The number of esters is 1. The Labute approximate surface area is 155 Å². The molecular formula is C20H27N3O3. The molecule has 1 aromatic heterocycles. The number of amides is 1. The number of ether oxygens (including phenoxy) is 1. The molecule has 0 aromatic carbocycles. The van der Waals surface area contributed by atoms with Crippen molar-refractivity contribution in [2.24, 2.45) is 5.92 Å². The highest BCUT2D eigenvalue weighted by Gasteiger charge is 2.20. The maximum absolute atomic E-state index is 12.2. The van der Waals surface area contributed by atoms with Gasteiger partial charge in [0.2, 0.25) is 0 Å². The normalized spacial score (nSPS) is 12.4. The van der Waals surface area contributed by atoms with Gasteiger partial charge in [0.1, 0.15) is 11.6 Å². The van der Waals surface area contributed by atoms with Crippen molar-refractivity contribution in [3.8, 4) is 6.07 Å². The van der Waals surface area contributed by atoms with E-state index in [0.717, 1.165) is 23.5 Å². The first-order valence-corrected chi connectivity index (χ1v) is 8.59. The summed E-state index contributed by atoms with van der Waals surface area (Å²) in [5.41, 5.74) is 2.69. The minimum Gasteiger partial charge on any atom is -0.448 e. The lowest BCUT2D eigenvalue weighted by atomic mass is 10.1. The van der Waals surface area contributed by atoms with E-state index in [0.29, 0.717) is 5.92 Å². The van der Waals surface area contributed by atoms with Gasteiger partial charge < -0.3 is 14.6 Å². The van der Waals surface area contributed by atoms with Gasteiger partial charge in [-0.05, 0) is 44.4 Å². The van der Waals surface area contributed by atoms with E-state index in [1.54, 1.807) is 0 Å². The molecule has 0 aliphatic heterocycles. The number of hydrogen-bond donors (Lipinski definition) is 1. The highest BCUT2D eigenvalue weighted by molar-refractivity contribution is 5.99. The van der Waals surface area contributed by atoms with Crippen LogP contribution < -0.4 is 5.32 Å². The Bertz CT molecular complexity index is 751. The lowest BCUT2D eigenvalue weighted by molar-refractivity contribution is -0.150. The highest BCUT2D eigenvalue weighted by atomic mass is 16.5. The molecule has 6 nitrogen and oxygen atoms in total. The summed E-state index contributed by atoms with van der Waals surface area (Å²) in [6.45, 7) is 14.3. The molecule has 1 aromatic rings. The number of hydrogen-bond acceptors (Lipinski definition) is 4. The van der Waals surface area contributed by atoms with Gasteiger partial charge in [0, 0.05) is 24.5 Å². The standard InChI is InChI=1S/C20H27N3O3/c1-7-8-22-19(24)16(6)26-20(25)18(11-21)10-17-9-14(4)23(15(17)5)12-13(2)3/h7,9-10,13,16H,1,8,12H2,2-6H3,(H,22,24)/b18-10+/t16-/m0/s1. The third-order valence-electron chi connectivity index (χ3n) is 3.87. The summed E-state index contributed by atoms with van der Waals surface area (Å²) in [6.07, 6.45) is 2.04. The van der Waals surface area contributed by atoms with Gasteiger partial charge in [-0.15, -0.1) is 6.58 Å². The summed E-state index contributed by atoms with van der Waals surface area (Å²) >= 11 is 0. The Balaban J connectivity index is 2.98. The Hall–Kier alpha value is -2.81. The van der Waals surface area contributed by atoms with E-state index in [-0.39, 0.29) is 12.1 Å². The molecule has 0 aliphatic carbocycles. The highest BCUT2D eigenvalue weighted by Crippen LogP contribution is 2.20. The van der Waals surface area contributed by atoms with Crippen LogP contribution in [-0.2, 0) is 20.9 Å². The molecule has 0 radical (unpaired) electrons. The molecule has 0 bridgehead atoms. The molecule has 0 saturated heterocycles. The van der Waals surface area contributed by atoms with Crippen LogP contribution in [0.25, 0.3) is 6.08 Å². The number of nitrogens with zero attached hydrogens (tertiary/aromatic N) is 2. The number of rotatable bonds is 8. The zero-order valence-electron chi connectivity index (χ0n) is 16.1. The van der Waals surface area contributed by atoms with Crippen molar-refractivity contribution in [3.63, 3.8) is 0 Å². The van der Waals surface area contributed by atoms with Crippen LogP contribution in [0.5, 0.6) is 0 Å². The van der Waals surface area contributed by atoms with Crippen LogP contribution >= 0.6 is 0 Å². The minimum atomic E-state index is -0.993. The van der Waals surface area contributed by atoms with Crippen LogP contribution in [0, 0.1) is 31.1 Å². The lowest BCUT2D eigenvalue weighted by Crippen LogP contribution is -2.36. The smallest absolute Gasteiger partial charge is 0.349 e. The molecule has 1 amide bonds. The summed E-state index contributed by atoms with van der Waals surface area (Å²) in [5, 5.41) is 11.9. The second kappa shape index (κ2) is 9.62. The topological polar surface area (TPSA) is 84.1 Å². The van der Waals surface area contributed by atoms with Crippen LogP contribution in [0.4, 0.5) is 0 Å². The number of aromatic nitrogens is 1. The zero-order chi connectivity index (χ0) is 19.9. The molecular weight excluding hydrogens is 330 g/mol. The van der Waals surface area contributed by atoms with E-state index in [9.17, 15) is 14.9 Å². The van der Waals surface area contributed by atoms with Gasteiger partial charge in [0.25, 0.3) is 5.91 Å². The van der Waals surface area contributed by atoms with Gasteiger partial charge in [-0.3, -0.25) is 4.79 Å². The molecule has 0 aliphatic rings. The Morgan fingerprint density at radius 2 is 2.04 bits per heavy atom. The zero-order valence-corrected chi connectivity index (χ0v) is 16.1. The molecule has 1 N–H and O–H groups in total. The van der Waals surface area contributed by atoms with Crippen LogP contribution in [0.3, 0.4) is 0 Å². The molecule has 26 heavy (non-hydrogen) atoms. The van der Waals surface area contributed by atoms with Gasteiger partial charge in [-0.1, -0.05) is 19.9 Å². The second-order valence-electron chi connectivity index (χ2n) is 6.58. The second-order valence-corrected chi connectivity index (χ2v) is 6.58. The SMILES string of the molecule is C=CCNC(=O)[C@H](C)OC(=O)/C(C#N)=C/c1cc(C)n(CC(C)C)c1C. The quantitative estimate of drug-likeness (QED) is 0.335. The summed E-state index contributed by atoms with van der Waals surface area (Å²) in [5.74, 6) is -0.778. The summed E-state index contributed by atoms with van der Waals surface area (Å²) in [4.78, 5) is 24.0. The van der Waals surface area contributed by atoms with Crippen molar-refractivity contribution in [1.82, 2.24) is 9.88 Å². The number of nitriles is 1. The molecule has 6 heteroatoms. The predicted octanol–water partition coefficient (Wildman–Crippen LogP) is 2.90. The molecule has 0 unspecified atom stereocenters. The maximum Gasteiger partial charge on any atom is 0.349 e. The fraction of sp³-hybridized carbons (Fsp3) is 0.450. The largest absolute Gasteiger partial charge is 0.448 e. The van der Waals surface area contributed by atoms with Crippen LogP contribution in [0.15, 0.2) is 24.3 Å². The number of carbonyl (C=O) groups is 2. The van der Waals surface area contributed by atoms with Crippen LogP contribution in [0.2, 0.25) is 0 Å². The average Bonchev–Trinajstić information content (AvgIpc) is 2.84. The number of carbonyl (C=O) groups excluding carboxylic acids is 2. The van der Waals surface area contributed by atoms with Crippen LogP contribution in [-0.4, -0.2) is 29.1 Å². The Morgan fingerprint density at radius 3 is 2.58 bits per heavy atom. The third-order valence-corrected chi connectivity index (χ3v) is 3.87. The molecule has 1 atom stereocenters. The van der Waals surface area contributed by atoms with Crippen molar-refractivity contribution < 1.29 is 14.3 Å². The summed E-state index contributed by atoms with van der Waals surface area (Å²) < 4.78 is 7.25. The predicted molar refractivity (Wildman–Crippen MR) is 101 cm³/mol. The summed E-state index contributed by atoms with van der Waals surface area (Å²) in [6, 6.07) is 3.80. The molecule has 1 rings (SSSR count). The van der Waals surface area contributed by atoms with Gasteiger partial charge in [-0.2, -0.15) is 5.26 Å². The average molecular weight is 357 g/mol. The van der Waals surface area contributed by atoms with Gasteiger partial charge in [0.05, 0.1) is 0 Å². The van der Waals surface area contributed by atoms with Crippen molar-refractivity contribution in [2.75, 3.05) is 6.54 Å². The molecule has 140 valence electrons. The van der Waals surface area contributed by atoms with Gasteiger partial charge in [-0.25, -0.2) is 4.79 Å². The third kappa shape index (κ3) is 5.62. The number of aryl methyl sites for hydroxylation is 1. The molecule has 1 heterocycles. The van der Waals surface area contributed by atoms with E-state index >= 15 is 0 Å². The van der Waals surface area contributed by atoms with E-state index in [1.165, 1.54) is 19.1 Å². The van der Waals surface area contributed by atoms with Crippen molar-refractivity contribution in [3.05, 3.63) is 41.2 Å². The van der Waals surface area contributed by atoms with Crippen LogP contribution in [0.1, 0.15) is 37.7 Å².